The number of aliphatic hydroxyl groups excluding tert-OH is 1. The first-order valence-electron chi connectivity index (χ1n) is 10.5. The van der Waals surface area contributed by atoms with Gasteiger partial charge < -0.3 is 9.84 Å². The van der Waals surface area contributed by atoms with Crippen LogP contribution in [0.4, 0.5) is 5.69 Å². The number of hydrogen-bond acceptors (Lipinski definition) is 4. The van der Waals surface area contributed by atoms with Crippen molar-refractivity contribution in [1.29, 1.82) is 0 Å². The molecule has 0 fully saturated rings. The lowest BCUT2D eigenvalue weighted by atomic mass is 9.90. The number of ether oxygens (including phenoxy) is 1. The summed E-state index contributed by atoms with van der Waals surface area (Å²) >= 11 is 0. The third-order valence-electron chi connectivity index (χ3n) is 5.81. The largest absolute Gasteiger partial charge is 0.503 e. The Morgan fingerprint density at radius 3 is 2.44 bits per heavy atom. The molecule has 0 saturated heterocycles. The summed E-state index contributed by atoms with van der Waals surface area (Å²) in [5.41, 5.74) is 3.46. The van der Waals surface area contributed by atoms with Gasteiger partial charge in [-0.05, 0) is 42.2 Å². The summed E-state index contributed by atoms with van der Waals surface area (Å²) in [5.74, 6) is -0.728. The van der Waals surface area contributed by atoms with E-state index in [2.05, 4.69) is 0 Å². The number of aryl methyl sites for hydroxylation is 2. The maximum Gasteiger partial charge on any atom is 0.294 e. The maximum absolute atomic E-state index is 13.3. The summed E-state index contributed by atoms with van der Waals surface area (Å²) in [6.07, 6.45) is 0.731. The third-order valence-corrected chi connectivity index (χ3v) is 5.81. The molecular weight excluding hydrogens is 402 g/mol. The quantitative estimate of drug-likeness (QED) is 0.569. The van der Waals surface area contributed by atoms with Gasteiger partial charge in [-0.2, -0.15) is 0 Å². The van der Waals surface area contributed by atoms with Gasteiger partial charge in [-0.1, -0.05) is 60.7 Å². The lowest BCUT2D eigenvalue weighted by molar-refractivity contribution is -0.118. The van der Waals surface area contributed by atoms with E-state index in [1.165, 1.54) is 4.90 Å². The highest BCUT2D eigenvalue weighted by Gasteiger charge is 2.44. The molecule has 5 heteroatoms. The molecule has 1 atom stereocenters. The number of nitrogens with zero attached hydrogens (tertiary/aromatic N) is 1. The van der Waals surface area contributed by atoms with Crippen LogP contribution < -0.4 is 9.64 Å². The van der Waals surface area contributed by atoms with Gasteiger partial charge in [0, 0.05) is 18.2 Å². The third kappa shape index (κ3) is 4.02. The molecule has 0 bridgehead atoms. The van der Waals surface area contributed by atoms with Crippen LogP contribution in [-0.2, 0) is 16.0 Å². The Kier molecular flexibility index (Phi) is 6.08. The van der Waals surface area contributed by atoms with E-state index in [4.69, 9.17) is 4.74 Å². The van der Waals surface area contributed by atoms with Crippen LogP contribution in [-0.4, -0.2) is 23.9 Å². The van der Waals surface area contributed by atoms with Crippen molar-refractivity contribution in [2.24, 2.45) is 0 Å². The van der Waals surface area contributed by atoms with Gasteiger partial charge in [-0.3, -0.25) is 14.5 Å². The highest BCUT2D eigenvalue weighted by atomic mass is 16.5. The van der Waals surface area contributed by atoms with Crippen molar-refractivity contribution in [1.82, 2.24) is 0 Å². The van der Waals surface area contributed by atoms with Crippen LogP contribution in [0.25, 0.3) is 0 Å². The average molecular weight is 428 g/mol. The van der Waals surface area contributed by atoms with Crippen LogP contribution in [0.15, 0.2) is 90.2 Å². The molecule has 162 valence electrons. The number of methoxy groups -OCH3 is 1. The van der Waals surface area contributed by atoms with E-state index < -0.39 is 17.7 Å². The van der Waals surface area contributed by atoms with Crippen LogP contribution in [0.5, 0.6) is 5.75 Å². The predicted octanol–water partition coefficient (Wildman–Crippen LogP) is 5.11. The van der Waals surface area contributed by atoms with Gasteiger partial charge in [0.15, 0.2) is 11.5 Å². The molecule has 3 aromatic carbocycles. The fourth-order valence-electron chi connectivity index (χ4n) is 4.14. The van der Waals surface area contributed by atoms with Crippen LogP contribution in [0.1, 0.15) is 29.2 Å². The molecule has 1 aliphatic heterocycles. The molecule has 0 saturated carbocycles. The Hall–Kier alpha value is -3.86. The zero-order chi connectivity index (χ0) is 22.7. The SMILES string of the molecule is COc1cccc(N2C(=O)C(O)=C(C(=O)CCc3ccccc3)C2c2ccccc2C)c1. The van der Waals surface area contributed by atoms with E-state index in [0.29, 0.717) is 17.9 Å². The van der Waals surface area contributed by atoms with Gasteiger partial charge in [0.05, 0.1) is 18.7 Å². The number of aliphatic hydroxyl groups is 1. The van der Waals surface area contributed by atoms with Crippen molar-refractivity contribution >= 4 is 17.4 Å². The van der Waals surface area contributed by atoms with Gasteiger partial charge in [0.2, 0.25) is 0 Å². The van der Waals surface area contributed by atoms with E-state index in [1.54, 1.807) is 31.4 Å². The Labute approximate surface area is 187 Å². The Balaban J connectivity index is 1.75. The number of anilines is 1. The van der Waals surface area contributed by atoms with Gasteiger partial charge in [-0.15, -0.1) is 0 Å². The zero-order valence-corrected chi connectivity index (χ0v) is 18.1. The van der Waals surface area contributed by atoms with Crippen LogP contribution in [0.2, 0.25) is 0 Å². The van der Waals surface area contributed by atoms with Crippen LogP contribution in [0, 0.1) is 6.92 Å². The van der Waals surface area contributed by atoms with E-state index in [0.717, 1.165) is 16.7 Å². The van der Waals surface area contributed by atoms with Crippen LogP contribution >= 0.6 is 0 Å². The normalized spacial score (nSPS) is 15.9. The molecule has 1 aliphatic rings. The lowest BCUT2D eigenvalue weighted by Gasteiger charge is -2.28. The summed E-state index contributed by atoms with van der Waals surface area (Å²) in [6, 6.07) is 23.7. The predicted molar refractivity (Wildman–Crippen MR) is 124 cm³/mol. The smallest absolute Gasteiger partial charge is 0.294 e. The summed E-state index contributed by atoms with van der Waals surface area (Å²) in [5, 5.41) is 10.8. The minimum atomic E-state index is -0.709. The number of carbonyl (C=O) groups excluding carboxylic acids is 2. The zero-order valence-electron chi connectivity index (χ0n) is 18.1. The van der Waals surface area contributed by atoms with Gasteiger partial charge in [-0.25, -0.2) is 0 Å². The number of carbonyl (C=O) groups is 2. The van der Waals surface area contributed by atoms with Crippen molar-refractivity contribution in [3.8, 4) is 5.75 Å². The fourth-order valence-corrected chi connectivity index (χ4v) is 4.14. The second kappa shape index (κ2) is 9.10. The molecule has 3 aromatic rings. The molecule has 0 aromatic heterocycles. The monoisotopic (exact) mass is 427 g/mol. The first-order valence-corrected chi connectivity index (χ1v) is 10.5. The summed E-state index contributed by atoms with van der Waals surface area (Å²) in [4.78, 5) is 28.0. The second-order valence-corrected chi connectivity index (χ2v) is 7.81. The molecule has 5 nitrogen and oxygen atoms in total. The number of hydrogen-bond donors (Lipinski definition) is 1. The molecule has 4 rings (SSSR count). The minimum Gasteiger partial charge on any atom is -0.503 e. The summed E-state index contributed by atoms with van der Waals surface area (Å²) in [7, 11) is 1.55. The molecule has 0 radical (unpaired) electrons. The van der Waals surface area contributed by atoms with Gasteiger partial charge >= 0.3 is 0 Å². The molecule has 1 unspecified atom stereocenters. The van der Waals surface area contributed by atoms with Crippen molar-refractivity contribution < 1.29 is 19.4 Å². The van der Waals surface area contributed by atoms with Crippen molar-refractivity contribution in [2.45, 2.75) is 25.8 Å². The maximum atomic E-state index is 13.3. The summed E-state index contributed by atoms with van der Waals surface area (Å²) < 4.78 is 5.32. The summed E-state index contributed by atoms with van der Waals surface area (Å²) in [6.45, 7) is 1.94. The van der Waals surface area contributed by atoms with E-state index in [9.17, 15) is 14.7 Å². The number of benzene rings is 3. The second-order valence-electron chi connectivity index (χ2n) is 7.81. The fraction of sp³-hybridized carbons (Fsp3) is 0.185. The van der Waals surface area contributed by atoms with Crippen molar-refractivity contribution in [3.63, 3.8) is 0 Å². The number of amides is 1. The standard InChI is InChI=1S/C27H25NO4/c1-18-9-6-7-14-22(18)25-24(23(29)16-15-19-10-4-3-5-11-19)26(30)27(31)28(25)20-12-8-13-21(17-20)32-2/h3-14,17,25,30H,15-16H2,1-2H3. The molecular formula is C27H25NO4. The van der Waals surface area contributed by atoms with Crippen molar-refractivity contribution in [3.05, 3.63) is 107 Å². The number of ketones is 1. The first-order chi connectivity index (χ1) is 15.5. The van der Waals surface area contributed by atoms with Crippen LogP contribution in [0.3, 0.4) is 0 Å². The minimum absolute atomic E-state index is 0.142. The Morgan fingerprint density at radius 1 is 1.00 bits per heavy atom. The molecule has 0 aliphatic carbocycles. The number of rotatable bonds is 7. The first kappa shape index (κ1) is 21.4. The molecule has 32 heavy (non-hydrogen) atoms. The van der Waals surface area contributed by atoms with Gasteiger partial charge in [0.25, 0.3) is 5.91 Å². The van der Waals surface area contributed by atoms with E-state index in [1.807, 2.05) is 61.5 Å². The number of Topliss-reactive ketones (excluding diaryl/α,β-unsaturated/α-hetero) is 1. The Bertz CT molecular complexity index is 1180. The highest BCUT2D eigenvalue weighted by Crippen LogP contribution is 2.43. The lowest BCUT2D eigenvalue weighted by Crippen LogP contribution is -2.31. The van der Waals surface area contributed by atoms with E-state index in [-0.39, 0.29) is 17.8 Å². The van der Waals surface area contributed by atoms with Gasteiger partial charge in [0.1, 0.15) is 5.75 Å². The highest BCUT2D eigenvalue weighted by molar-refractivity contribution is 6.16. The molecule has 1 N–H and O–H groups in total. The van der Waals surface area contributed by atoms with E-state index >= 15 is 0 Å². The average Bonchev–Trinajstić information content (AvgIpc) is 3.09. The van der Waals surface area contributed by atoms with Crippen molar-refractivity contribution in [2.75, 3.05) is 12.0 Å². The molecule has 1 heterocycles. The topological polar surface area (TPSA) is 66.8 Å². The molecule has 0 spiro atoms. The molecule has 1 amide bonds. The Morgan fingerprint density at radius 2 is 1.72 bits per heavy atom.